The fraction of sp³-hybridized carbons (Fsp3) is 0.350. The predicted octanol–water partition coefficient (Wildman–Crippen LogP) is 2.99. The van der Waals surface area contributed by atoms with Gasteiger partial charge in [0.05, 0.1) is 5.56 Å². The summed E-state index contributed by atoms with van der Waals surface area (Å²) in [5.41, 5.74) is 3.11. The number of rotatable bonds is 1. The highest BCUT2D eigenvalue weighted by Gasteiger charge is 2.43. The molecule has 2 aromatic rings. The monoisotopic (exact) mass is 348 g/mol. The summed E-state index contributed by atoms with van der Waals surface area (Å²) in [6.07, 6.45) is 2.39. The zero-order valence-corrected chi connectivity index (χ0v) is 14.4. The quantitative estimate of drug-likeness (QED) is 0.857. The highest BCUT2D eigenvalue weighted by molar-refractivity contribution is 5.65. The van der Waals surface area contributed by atoms with Crippen LogP contribution < -0.4 is 4.90 Å². The molecule has 3 heterocycles. The van der Waals surface area contributed by atoms with E-state index in [9.17, 15) is 9.90 Å². The molecule has 6 heteroatoms. The van der Waals surface area contributed by atoms with Gasteiger partial charge < -0.3 is 14.9 Å². The number of benzene rings is 1. The first-order chi connectivity index (χ1) is 12.6. The summed E-state index contributed by atoms with van der Waals surface area (Å²) in [5.74, 6) is 0.860. The van der Waals surface area contributed by atoms with Crippen LogP contribution in [-0.2, 0) is 12.0 Å². The number of hydrogen-bond acceptors (Lipinski definition) is 4. The molecule has 0 bridgehead atoms. The van der Waals surface area contributed by atoms with Crippen LogP contribution in [0.1, 0.15) is 29.5 Å². The van der Waals surface area contributed by atoms with Crippen molar-refractivity contribution in [1.29, 1.82) is 5.26 Å². The molecule has 1 N–H and O–H groups in total. The average Bonchev–Trinajstić information content (AvgIpc) is 2.68. The van der Waals surface area contributed by atoms with Gasteiger partial charge in [-0.15, -0.1) is 0 Å². The highest BCUT2D eigenvalue weighted by atomic mass is 16.4. The van der Waals surface area contributed by atoms with E-state index in [4.69, 9.17) is 5.26 Å². The molecular formula is C20H20N4O2. The molecule has 26 heavy (non-hydrogen) atoms. The number of likely N-dealkylation sites (tertiary alicyclic amines) is 1. The Morgan fingerprint density at radius 2 is 1.96 bits per heavy atom. The number of anilines is 1. The zero-order chi connectivity index (χ0) is 18.1. The van der Waals surface area contributed by atoms with Crippen molar-refractivity contribution in [2.45, 2.75) is 24.8 Å². The second-order valence-electron chi connectivity index (χ2n) is 7.08. The lowest BCUT2D eigenvalue weighted by molar-refractivity contribution is 0.115. The minimum absolute atomic E-state index is 0.0592. The zero-order valence-electron chi connectivity index (χ0n) is 14.4. The Balaban J connectivity index is 1.67. The van der Waals surface area contributed by atoms with Gasteiger partial charge in [-0.3, -0.25) is 0 Å². The molecule has 1 saturated heterocycles. The maximum atomic E-state index is 11.3. The molecule has 132 valence electrons. The molecule has 0 unspecified atom stereocenters. The highest BCUT2D eigenvalue weighted by Crippen LogP contribution is 2.42. The summed E-state index contributed by atoms with van der Waals surface area (Å²) in [5, 5.41) is 18.3. The topological polar surface area (TPSA) is 80.5 Å². The van der Waals surface area contributed by atoms with Crippen LogP contribution in [0.15, 0.2) is 42.6 Å². The van der Waals surface area contributed by atoms with Crippen molar-refractivity contribution < 1.29 is 9.90 Å². The number of piperidine rings is 1. The maximum absolute atomic E-state index is 11.3. The molecule has 0 aliphatic carbocycles. The van der Waals surface area contributed by atoms with Crippen LogP contribution in [0.5, 0.6) is 0 Å². The number of hydrogen-bond donors (Lipinski definition) is 1. The minimum atomic E-state index is -0.838. The number of fused-ring (bicyclic) bond motifs is 2. The molecular weight excluding hydrogens is 328 g/mol. The smallest absolute Gasteiger partial charge is 0.407 e. The number of nitriles is 1. The Morgan fingerprint density at radius 3 is 2.62 bits per heavy atom. The van der Waals surface area contributed by atoms with Crippen LogP contribution in [0.3, 0.4) is 0 Å². The summed E-state index contributed by atoms with van der Waals surface area (Å²) in [4.78, 5) is 19.5. The van der Waals surface area contributed by atoms with Crippen molar-refractivity contribution in [3.05, 3.63) is 59.3 Å². The van der Waals surface area contributed by atoms with E-state index in [2.05, 4.69) is 40.2 Å². The lowest BCUT2D eigenvalue weighted by Gasteiger charge is -2.48. The number of pyridine rings is 1. The Morgan fingerprint density at radius 1 is 1.19 bits per heavy atom. The van der Waals surface area contributed by atoms with Gasteiger partial charge in [-0.1, -0.05) is 24.3 Å². The lowest BCUT2D eigenvalue weighted by Crippen LogP contribution is -2.53. The van der Waals surface area contributed by atoms with E-state index in [0.717, 1.165) is 31.7 Å². The summed E-state index contributed by atoms with van der Waals surface area (Å²) in [6.45, 7) is 2.70. The molecule has 0 saturated carbocycles. The van der Waals surface area contributed by atoms with Gasteiger partial charge >= 0.3 is 6.09 Å². The first kappa shape index (κ1) is 16.4. The molecule has 0 atom stereocenters. The molecule has 1 aromatic heterocycles. The van der Waals surface area contributed by atoms with Gasteiger partial charge in [-0.25, -0.2) is 9.78 Å². The van der Waals surface area contributed by atoms with E-state index in [1.807, 2.05) is 6.07 Å². The van der Waals surface area contributed by atoms with E-state index in [-0.39, 0.29) is 5.41 Å². The second-order valence-corrected chi connectivity index (χ2v) is 7.08. The fourth-order valence-corrected chi connectivity index (χ4v) is 4.24. The number of nitrogens with zero attached hydrogens (tertiary/aromatic N) is 4. The lowest BCUT2D eigenvalue weighted by atomic mass is 9.69. The molecule has 2 aliphatic rings. The van der Waals surface area contributed by atoms with Gasteiger partial charge in [0.1, 0.15) is 11.9 Å². The Kier molecular flexibility index (Phi) is 4.00. The van der Waals surface area contributed by atoms with Crippen LogP contribution in [0, 0.1) is 11.3 Å². The normalized spacial score (nSPS) is 18.3. The van der Waals surface area contributed by atoms with E-state index >= 15 is 0 Å². The van der Waals surface area contributed by atoms with E-state index in [0.29, 0.717) is 18.7 Å². The second kappa shape index (κ2) is 6.34. The molecule has 4 rings (SSSR count). The van der Waals surface area contributed by atoms with E-state index in [1.54, 1.807) is 12.3 Å². The Hall–Kier alpha value is -3.07. The van der Waals surface area contributed by atoms with Crippen molar-refractivity contribution in [2.24, 2.45) is 0 Å². The third-order valence-corrected chi connectivity index (χ3v) is 5.64. The molecule has 1 amide bonds. The van der Waals surface area contributed by atoms with Crippen LogP contribution in [-0.4, -0.2) is 40.7 Å². The maximum Gasteiger partial charge on any atom is 0.407 e. The number of aromatic nitrogens is 1. The molecule has 1 fully saturated rings. The standard InChI is InChI=1S/C20H20N4O2/c21-11-15-5-6-18(22-12-15)24-13-16-3-1-2-4-17(16)20(14-24)7-9-23(10-8-20)19(25)26/h1-6,12H,7-10,13-14H2,(H,25,26). The first-order valence-corrected chi connectivity index (χ1v) is 8.79. The average molecular weight is 348 g/mol. The van der Waals surface area contributed by atoms with Crippen molar-refractivity contribution in [3.63, 3.8) is 0 Å². The van der Waals surface area contributed by atoms with E-state index in [1.165, 1.54) is 16.0 Å². The minimum Gasteiger partial charge on any atom is -0.465 e. The van der Waals surface area contributed by atoms with E-state index < -0.39 is 6.09 Å². The third kappa shape index (κ3) is 2.76. The van der Waals surface area contributed by atoms with Gasteiger partial charge in [0.2, 0.25) is 0 Å². The number of carboxylic acid groups (broad SMARTS) is 1. The molecule has 1 spiro atoms. The van der Waals surface area contributed by atoms with Crippen LogP contribution in [0.25, 0.3) is 0 Å². The molecule has 6 nitrogen and oxygen atoms in total. The van der Waals surface area contributed by atoms with Crippen molar-refractivity contribution in [2.75, 3.05) is 24.5 Å². The summed E-state index contributed by atoms with van der Waals surface area (Å²) in [6, 6.07) is 14.3. The van der Waals surface area contributed by atoms with Gasteiger partial charge in [0.25, 0.3) is 0 Å². The summed E-state index contributed by atoms with van der Waals surface area (Å²) in [7, 11) is 0. The fourth-order valence-electron chi connectivity index (χ4n) is 4.24. The first-order valence-electron chi connectivity index (χ1n) is 8.79. The van der Waals surface area contributed by atoms with Crippen LogP contribution in [0.4, 0.5) is 10.6 Å². The largest absolute Gasteiger partial charge is 0.465 e. The van der Waals surface area contributed by atoms with Crippen molar-refractivity contribution in [1.82, 2.24) is 9.88 Å². The number of carbonyl (C=O) groups is 1. The molecule has 2 aliphatic heterocycles. The van der Waals surface area contributed by atoms with Crippen LogP contribution >= 0.6 is 0 Å². The summed E-state index contributed by atoms with van der Waals surface area (Å²) >= 11 is 0. The van der Waals surface area contributed by atoms with Crippen LogP contribution in [0.2, 0.25) is 0 Å². The van der Waals surface area contributed by atoms with Gasteiger partial charge in [0.15, 0.2) is 0 Å². The third-order valence-electron chi connectivity index (χ3n) is 5.64. The summed E-state index contributed by atoms with van der Waals surface area (Å²) < 4.78 is 0. The molecule has 1 aromatic carbocycles. The SMILES string of the molecule is N#Cc1ccc(N2Cc3ccccc3C3(CCN(C(=O)O)CC3)C2)nc1. The van der Waals surface area contributed by atoms with Gasteiger partial charge in [0, 0.05) is 37.8 Å². The molecule has 0 radical (unpaired) electrons. The van der Waals surface area contributed by atoms with Gasteiger partial charge in [-0.2, -0.15) is 5.26 Å². The Bertz CT molecular complexity index is 864. The Labute approximate surface area is 152 Å². The van der Waals surface area contributed by atoms with Crippen molar-refractivity contribution >= 4 is 11.9 Å². The predicted molar refractivity (Wildman–Crippen MR) is 97.0 cm³/mol. The van der Waals surface area contributed by atoms with Crippen molar-refractivity contribution in [3.8, 4) is 6.07 Å². The van der Waals surface area contributed by atoms with Gasteiger partial charge in [-0.05, 0) is 36.1 Å². The number of amides is 1.